The molecular formula is C12H24N2O. The zero-order valence-electron chi connectivity index (χ0n) is 10.2. The number of amides is 1. The molecule has 1 saturated carbocycles. The van der Waals surface area contributed by atoms with Gasteiger partial charge in [-0.3, -0.25) is 4.79 Å². The lowest BCUT2D eigenvalue weighted by atomic mass is 10.1. The molecule has 2 atom stereocenters. The van der Waals surface area contributed by atoms with E-state index in [0.29, 0.717) is 12.5 Å². The minimum Gasteiger partial charge on any atom is -0.354 e. The van der Waals surface area contributed by atoms with Crippen LogP contribution in [0.15, 0.2) is 0 Å². The van der Waals surface area contributed by atoms with Crippen molar-refractivity contribution in [2.75, 3.05) is 6.54 Å². The molecule has 0 aliphatic heterocycles. The number of carbonyl (C=O) groups is 1. The third-order valence-electron chi connectivity index (χ3n) is 2.93. The predicted molar refractivity (Wildman–Crippen MR) is 62.7 cm³/mol. The van der Waals surface area contributed by atoms with E-state index in [0.717, 1.165) is 12.5 Å². The Labute approximate surface area is 93.0 Å². The molecule has 0 bridgehead atoms. The van der Waals surface area contributed by atoms with Crippen LogP contribution < -0.4 is 10.6 Å². The highest BCUT2D eigenvalue weighted by atomic mass is 16.1. The molecule has 88 valence electrons. The number of hydrogen-bond donors (Lipinski definition) is 2. The lowest BCUT2D eigenvalue weighted by Gasteiger charge is -2.13. The summed E-state index contributed by atoms with van der Waals surface area (Å²) in [6.07, 6.45) is 4.47. The van der Waals surface area contributed by atoms with Crippen LogP contribution in [0.25, 0.3) is 0 Å². The van der Waals surface area contributed by atoms with Gasteiger partial charge in [0.05, 0.1) is 0 Å². The van der Waals surface area contributed by atoms with Gasteiger partial charge in [0.1, 0.15) is 0 Å². The van der Waals surface area contributed by atoms with Gasteiger partial charge in [0, 0.05) is 25.0 Å². The van der Waals surface area contributed by atoms with Crippen molar-refractivity contribution < 1.29 is 4.79 Å². The first-order chi connectivity index (χ1) is 7.08. The monoisotopic (exact) mass is 212 g/mol. The Morgan fingerprint density at radius 1 is 1.40 bits per heavy atom. The summed E-state index contributed by atoms with van der Waals surface area (Å²) in [7, 11) is 0. The van der Waals surface area contributed by atoms with Gasteiger partial charge in [-0.05, 0) is 39.0 Å². The molecule has 0 aromatic rings. The van der Waals surface area contributed by atoms with E-state index in [1.807, 2.05) is 13.8 Å². The lowest BCUT2D eigenvalue weighted by Crippen LogP contribution is -2.34. The van der Waals surface area contributed by atoms with E-state index < -0.39 is 0 Å². The number of hydrogen-bond acceptors (Lipinski definition) is 2. The minimum atomic E-state index is 0.156. The second-order valence-corrected chi connectivity index (χ2v) is 5.04. The van der Waals surface area contributed by atoms with Gasteiger partial charge in [-0.25, -0.2) is 0 Å². The summed E-state index contributed by atoms with van der Waals surface area (Å²) in [5.41, 5.74) is 0. The van der Waals surface area contributed by atoms with Crippen molar-refractivity contribution in [2.24, 2.45) is 5.92 Å². The zero-order valence-corrected chi connectivity index (χ0v) is 10.2. The zero-order chi connectivity index (χ0) is 11.3. The Kier molecular flexibility index (Phi) is 5.09. The van der Waals surface area contributed by atoms with Crippen molar-refractivity contribution in [2.45, 2.75) is 58.5 Å². The quantitative estimate of drug-likeness (QED) is 0.728. The maximum Gasteiger partial charge on any atom is 0.221 e. The molecule has 2 N–H and O–H groups in total. The predicted octanol–water partition coefficient (Wildman–Crippen LogP) is 1.68. The highest BCUT2D eigenvalue weighted by Crippen LogP contribution is 2.24. The summed E-state index contributed by atoms with van der Waals surface area (Å²) in [5, 5.41) is 6.35. The van der Waals surface area contributed by atoms with Crippen LogP contribution in [-0.4, -0.2) is 24.5 Å². The first-order valence-corrected chi connectivity index (χ1v) is 6.10. The fourth-order valence-electron chi connectivity index (χ4n) is 2.18. The maximum atomic E-state index is 11.3. The van der Waals surface area contributed by atoms with Crippen molar-refractivity contribution >= 4 is 5.91 Å². The molecule has 15 heavy (non-hydrogen) atoms. The van der Waals surface area contributed by atoms with Gasteiger partial charge in [-0.2, -0.15) is 0 Å². The van der Waals surface area contributed by atoms with Crippen molar-refractivity contribution in [3.05, 3.63) is 0 Å². The van der Waals surface area contributed by atoms with Gasteiger partial charge >= 0.3 is 0 Å². The van der Waals surface area contributed by atoms with E-state index in [1.54, 1.807) is 0 Å². The largest absolute Gasteiger partial charge is 0.354 e. The van der Waals surface area contributed by atoms with Gasteiger partial charge in [0.2, 0.25) is 5.91 Å². The fraction of sp³-hybridized carbons (Fsp3) is 0.917. The normalized spacial score (nSPS) is 25.9. The molecule has 1 aliphatic carbocycles. The van der Waals surface area contributed by atoms with E-state index in [9.17, 15) is 4.79 Å². The van der Waals surface area contributed by atoms with E-state index in [-0.39, 0.29) is 11.9 Å². The summed E-state index contributed by atoms with van der Waals surface area (Å²) >= 11 is 0. The molecule has 0 radical (unpaired) electrons. The Hall–Kier alpha value is -0.570. The van der Waals surface area contributed by atoms with Crippen LogP contribution in [0.5, 0.6) is 0 Å². The fourth-order valence-corrected chi connectivity index (χ4v) is 2.18. The standard InChI is InChI=1S/C12H24N2O/c1-9(2)14-12(15)6-7-13-11-5-4-10(3)8-11/h9-11,13H,4-8H2,1-3H3,(H,14,15). The van der Waals surface area contributed by atoms with Crippen LogP contribution in [-0.2, 0) is 4.79 Å². The summed E-state index contributed by atoms with van der Waals surface area (Å²) in [6.45, 7) is 7.09. The van der Waals surface area contributed by atoms with Gasteiger partial charge < -0.3 is 10.6 Å². The molecule has 3 heteroatoms. The molecule has 0 aromatic heterocycles. The van der Waals surface area contributed by atoms with E-state index in [1.165, 1.54) is 19.3 Å². The molecule has 2 unspecified atom stereocenters. The second kappa shape index (κ2) is 6.11. The van der Waals surface area contributed by atoms with Crippen molar-refractivity contribution in [3.63, 3.8) is 0 Å². The Bertz CT molecular complexity index is 204. The topological polar surface area (TPSA) is 41.1 Å². The molecule has 0 aromatic carbocycles. The van der Waals surface area contributed by atoms with Crippen LogP contribution in [0.4, 0.5) is 0 Å². The number of rotatable bonds is 5. The van der Waals surface area contributed by atoms with Gasteiger partial charge in [0.25, 0.3) is 0 Å². The average molecular weight is 212 g/mol. The Morgan fingerprint density at radius 3 is 2.67 bits per heavy atom. The molecule has 1 amide bonds. The van der Waals surface area contributed by atoms with E-state index in [2.05, 4.69) is 17.6 Å². The van der Waals surface area contributed by atoms with Gasteiger partial charge in [-0.15, -0.1) is 0 Å². The molecule has 1 aliphatic rings. The number of carbonyl (C=O) groups excluding carboxylic acids is 1. The molecular weight excluding hydrogens is 188 g/mol. The Balaban J connectivity index is 2.03. The van der Waals surface area contributed by atoms with Crippen LogP contribution in [0.2, 0.25) is 0 Å². The third kappa shape index (κ3) is 5.17. The molecule has 1 fully saturated rings. The molecule has 0 spiro atoms. The SMILES string of the molecule is CC1CCC(NCCC(=O)NC(C)C)C1. The average Bonchev–Trinajstić information content (AvgIpc) is 2.50. The van der Waals surface area contributed by atoms with Crippen LogP contribution in [0.1, 0.15) is 46.5 Å². The van der Waals surface area contributed by atoms with E-state index >= 15 is 0 Å². The second-order valence-electron chi connectivity index (χ2n) is 5.04. The van der Waals surface area contributed by atoms with E-state index in [4.69, 9.17) is 0 Å². The Morgan fingerprint density at radius 2 is 2.13 bits per heavy atom. The first kappa shape index (κ1) is 12.5. The summed E-state index contributed by atoms with van der Waals surface area (Å²) in [5.74, 6) is 1.01. The van der Waals surface area contributed by atoms with Crippen molar-refractivity contribution in [1.82, 2.24) is 10.6 Å². The van der Waals surface area contributed by atoms with Gasteiger partial charge in [0.15, 0.2) is 0 Å². The highest BCUT2D eigenvalue weighted by Gasteiger charge is 2.20. The molecule has 0 saturated heterocycles. The first-order valence-electron chi connectivity index (χ1n) is 6.10. The summed E-state index contributed by atoms with van der Waals surface area (Å²) in [4.78, 5) is 11.3. The smallest absolute Gasteiger partial charge is 0.221 e. The van der Waals surface area contributed by atoms with Gasteiger partial charge in [-0.1, -0.05) is 6.92 Å². The lowest BCUT2D eigenvalue weighted by molar-refractivity contribution is -0.121. The van der Waals surface area contributed by atoms with Crippen LogP contribution in [0, 0.1) is 5.92 Å². The summed E-state index contributed by atoms with van der Waals surface area (Å²) in [6, 6.07) is 0.899. The third-order valence-corrected chi connectivity index (χ3v) is 2.93. The summed E-state index contributed by atoms with van der Waals surface area (Å²) < 4.78 is 0. The highest BCUT2D eigenvalue weighted by molar-refractivity contribution is 5.76. The number of nitrogens with one attached hydrogen (secondary N) is 2. The van der Waals surface area contributed by atoms with Crippen molar-refractivity contribution in [3.8, 4) is 0 Å². The molecule has 0 heterocycles. The minimum absolute atomic E-state index is 0.156. The van der Waals surface area contributed by atoms with Crippen LogP contribution >= 0.6 is 0 Å². The molecule has 3 nitrogen and oxygen atoms in total. The molecule has 1 rings (SSSR count). The van der Waals surface area contributed by atoms with Crippen molar-refractivity contribution in [1.29, 1.82) is 0 Å². The maximum absolute atomic E-state index is 11.3. The van der Waals surface area contributed by atoms with Crippen LogP contribution in [0.3, 0.4) is 0 Å².